The molecule has 110 valence electrons. The summed E-state index contributed by atoms with van der Waals surface area (Å²) >= 11 is 5.28. The molecule has 0 aliphatic heterocycles. The number of aryl methyl sites for hydroxylation is 1. The second-order valence-corrected chi connectivity index (χ2v) is 6.83. The molecule has 2 heterocycles. The first-order valence-corrected chi connectivity index (χ1v) is 8.15. The summed E-state index contributed by atoms with van der Waals surface area (Å²) < 4.78 is 3.06. The smallest absolute Gasteiger partial charge is 0.0939 e. The van der Waals surface area contributed by atoms with Crippen LogP contribution in [0, 0.1) is 6.92 Å². The Labute approximate surface area is 132 Å². The van der Waals surface area contributed by atoms with Gasteiger partial charge in [-0.25, -0.2) is 4.98 Å². The number of thiazole rings is 1. The fraction of sp³-hybridized carbons (Fsp3) is 0.538. The molecule has 1 N–H and O–H groups in total. The molecule has 0 saturated heterocycles. The molecule has 5 nitrogen and oxygen atoms in total. The number of nitrogens with one attached hydrogen (secondary N) is 1. The number of hydrogen-bond donors (Lipinski definition) is 1. The molecule has 7 heteroatoms. The minimum atomic E-state index is 0.0546. The molecule has 2 rings (SSSR count). The van der Waals surface area contributed by atoms with E-state index in [1.54, 1.807) is 11.3 Å². The number of nitrogens with zero attached hydrogens (tertiary/aromatic N) is 4. The Morgan fingerprint density at radius 3 is 2.80 bits per heavy atom. The Balaban J connectivity index is 2.31. The minimum Gasteiger partial charge on any atom is -0.308 e. The van der Waals surface area contributed by atoms with Gasteiger partial charge in [-0.3, -0.25) is 4.68 Å². The van der Waals surface area contributed by atoms with Crippen LogP contribution in [-0.2, 0) is 6.54 Å². The van der Waals surface area contributed by atoms with Crippen LogP contribution in [0.2, 0.25) is 0 Å². The van der Waals surface area contributed by atoms with Gasteiger partial charge < -0.3 is 10.2 Å². The lowest BCUT2D eigenvalue weighted by Gasteiger charge is -2.18. The highest BCUT2D eigenvalue weighted by molar-refractivity contribution is 9.10. The van der Waals surface area contributed by atoms with Crippen molar-refractivity contribution >= 4 is 27.3 Å². The lowest BCUT2D eigenvalue weighted by molar-refractivity contribution is 0.366. The zero-order valence-electron chi connectivity index (χ0n) is 12.2. The first-order chi connectivity index (χ1) is 9.52. The Morgan fingerprint density at radius 2 is 2.25 bits per heavy atom. The Kier molecular flexibility index (Phi) is 5.31. The van der Waals surface area contributed by atoms with E-state index in [2.05, 4.69) is 55.7 Å². The second kappa shape index (κ2) is 6.80. The summed E-state index contributed by atoms with van der Waals surface area (Å²) in [5, 5.41) is 11.0. The topological polar surface area (TPSA) is 46.0 Å². The standard InChI is InChI=1S/C13H20BrN5S/c1-9-17-11(8-20-9)12(15-2)13-10(14)7-16-19(13)6-5-18(3)4/h7-8,12,15H,5-6H2,1-4H3. The van der Waals surface area contributed by atoms with Crippen molar-refractivity contribution in [2.24, 2.45) is 0 Å². The average molecular weight is 358 g/mol. The van der Waals surface area contributed by atoms with E-state index in [0.29, 0.717) is 0 Å². The number of hydrogen-bond acceptors (Lipinski definition) is 5. The second-order valence-electron chi connectivity index (χ2n) is 4.92. The van der Waals surface area contributed by atoms with Gasteiger partial charge in [-0.15, -0.1) is 11.3 Å². The predicted octanol–water partition coefficient (Wildman–Crippen LogP) is 2.28. The van der Waals surface area contributed by atoms with Crippen molar-refractivity contribution in [3.05, 3.63) is 32.4 Å². The van der Waals surface area contributed by atoms with Gasteiger partial charge in [0.2, 0.25) is 0 Å². The number of rotatable bonds is 6. The van der Waals surface area contributed by atoms with Crippen molar-refractivity contribution in [2.75, 3.05) is 27.7 Å². The average Bonchev–Trinajstić information content (AvgIpc) is 2.97. The molecular weight excluding hydrogens is 338 g/mol. The van der Waals surface area contributed by atoms with Crippen LogP contribution in [0.15, 0.2) is 16.0 Å². The molecule has 2 aromatic rings. The molecule has 1 atom stereocenters. The molecule has 0 aliphatic carbocycles. The predicted molar refractivity (Wildman–Crippen MR) is 86.2 cm³/mol. The van der Waals surface area contributed by atoms with Crippen LogP contribution in [0.5, 0.6) is 0 Å². The Hall–Kier alpha value is -0.760. The Morgan fingerprint density at radius 1 is 1.50 bits per heavy atom. The minimum absolute atomic E-state index is 0.0546. The van der Waals surface area contributed by atoms with Crippen LogP contribution in [0.3, 0.4) is 0 Å². The summed E-state index contributed by atoms with van der Waals surface area (Å²) in [5.41, 5.74) is 2.17. The zero-order valence-corrected chi connectivity index (χ0v) is 14.6. The molecule has 0 bridgehead atoms. The van der Waals surface area contributed by atoms with Gasteiger partial charge in [-0.1, -0.05) is 0 Å². The van der Waals surface area contributed by atoms with Gasteiger partial charge >= 0.3 is 0 Å². The third-order valence-corrected chi connectivity index (χ3v) is 4.49. The van der Waals surface area contributed by atoms with Gasteiger partial charge in [0.25, 0.3) is 0 Å². The molecule has 20 heavy (non-hydrogen) atoms. The summed E-state index contributed by atoms with van der Waals surface area (Å²) in [4.78, 5) is 6.75. The van der Waals surface area contributed by atoms with E-state index < -0.39 is 0 Å². The highest BCUT2D eigenvalue weighted by Gasteiger charge is 2.22. The Bertz CT molecular complexity index is 563. The van der Waals surface area contributed by atoms with E-state index in [4.69, 9.17) is 0 Å². The van der Waals surface area contributed by atoms with Gasteiger partial charge in [0.1, 0.15) is 0 Å². The lowest BCUT2D eigenvalue weighted by atomic mass is 10.1. The van der Waals surface area contributed by atoms with Crippen LogP contribution < -0.4 is 5.32 Å². The van der Waals surface area contributed by atoms with Crippen LogP contribution in [-0.4, -0.2) is 47.4 Å². The quantitative estimate of drug-likeness (QED) is 0.861. The number of aromatic nitrogens is 3. The van der Waals surface area contributed by atoms with Gasteiger partial charge in [-0.2, -0.15) is 5.10 Å². The van der Waals surface area contributed by atoms with Gasteiger partial charge in [-0.05, 0) is 44.0 Å². The van der Waals surface area contributed by atoms with Gasteiger partial charge in [0.05, 0.1) is 39.7 Å². The summed E-state index contributed by atoms with van der Waals surface area (Å²) in [6.45, 7) is 3.84. The molecule has 1 unspecified atom stereocenters. The van der Waals surface area contributed by atoms with E-state index >= 15 is 0 Å². The lowest BCUT2D eigenvalue weighted by Crippen LogP contribution is -2.25. The number of likely N-dealkylation sites (N-methyl/N-ethyl adjacent to an activating group) is 1. The van der Waals surface area contributed by atoms with Crippen molar-refractivity contribution in [1.82, 2.24) is 25.0 Å². The molecule has 0 radical (unpaired) electrons. The maximum atomic E-state index is 4.60. The highest BCUT2D eigenvalue weighted by atomic mass is 79.9. The molecule has 0 saturated carbocycles. The molecule has 2 aromatic heterocycles. The molecule has 0 aliphatic rings. The van der Waals surface area contributed by atoms with Crippen molar-refractivity contribution < 1.29 is 0 Å². The first kappa shape index (κ1) is 15.6. The fourth-order valence-corrected chi connectivity index (χ4v) is 3.23. The van der Waals surface area contributed by atoms with E-state index in [1.807, 2.05) is 24.9 Å². The normalized spacial score (nSPS) is 13.1. The molecule has 0 amide bonds. The summed E-state index contributed by atoms with van der Waals surface area (Å²) in [5.74, 6) is 0. The molecule has 0 fully saturated rings. The zero-order chi connectivity index (χ0) is 14.7. The van der Waals surface area contributed by atoms with Crippen molar-refractivity contribution in [3.8, 4) is 0 Å². The van der Waals surface area contributed by atoms with Crippen LogP contribution in [0.1, 0.15) is 22.4 Å². The third-order valence-electron chi connectivity index (χ3n) is 3.09. The van der Waals surface area contributed by atoms with E-state index in [0.717, 1.165) is 34.0 Å². The maximum absolute atomic E-state index is 4.60. The maximum Gasteiger partial charge on any atom is 0.0939 e. The number of halogens is 1. The molecular formula is C13H20BrN5S. The van der Waals surface area contributed by atoms with Crippen molar-refractivity contribution in [3.63, 3.8) is 0 Å². The van der Waals surface area contributed by atoms with Crippen LogP contribution in [0.4, 0.5) is 0 Å². The van der Waals surface area contributed by atoms with Crippen molar-refractivity contribution in [1.29, 1.82) is 0 Å². The SMILES string of the molecule is CNC(c1csc(C)n1)c1c(Br)cnn1CCN(C)C. The van der Waals surface area contributed by atoms with E-state index in [9.17, 15) is 0 Å². The van der Waals surface area contributed by atoms with E-state index in [1.165, 1.54) is 0 Å². The fourth-order valence-electron chi connectivity index (χ4n) is 2.07. The first-order valence-electron chi connectivity index (χ1n) is 6.48. The summed E-state index contributed by atoms with van der Waals surface area (Å²) in [6.07, 6.45) is 1.86. The monoisotopic (exact) mass is 357 g/mol. The van der Waals surface area contributed by atoms with Gasteiger partial charge in [0.15, 0.2) is 0 Å². The summed E-state index contributed by atoms with van der Waals surface area (Å²) in [7, 11) is 6.09. The molecule has 0 aromatic carbocycles. The highest BCUT2D eigenvalue weighted by Crippen LogP contribution is 2.29. The largest absolute Gasteiger partial charge is 0.308 e. The van der Waals surface area contributed by atoms with Crippen LogP contribution >= 0.6 is 27.3 Å². The van der Waals surface area contributed by atoms with Gasteiger partial charge in [0, 0.05) is 11.9 Å². The molecule has 0 spiro atoms. The third kappa shape index (κ3) is 3.46. The summed E-state index contributed by atoms with van der Waals surface area (Å²) in [6, 6.07) is 0.0546. The van der Waals surface area contributed by atoms with Crippen LogP contribution in [0.25, 0.3) is 0 Å². The van der Waals surface area contributed by atoms with E-state index in [-0.39, 0.29) is 6.04 Å². The van der Waals surface area contributed by atoms with Crippen molar-refractivity contribution in [2.45, 2.75) is 19.5 Å².